The van der Waals surface area contributed by atoms with Crippen LogP contribution in [0.25, 0.3) is 10.8 Å². The first-order valence-electron chi connectivity index (χ1n) is 4.72. The van der Waals surface area contributed by atoms with Gasteiger partial charge in [-0.2, -0.15) is 0 Å². The smallest absolute Gasteiger partial charge is 0.170 e. The van der Waals surface area contributed by atoms with Crippen molar-refractivity contribution in [2.24, 2.45) is 11.7 Å². The van der Waals surface area contributed by atoms with Crippen LogP contribution in [0.2, 0.25) is 0 Å². The van der Waals surface area contributed by atoms with E-state index >= 15 is 0 Å². The highest BCUT2D eigenvalue weighted by Gasteiger charge is 2.05. The van der Waals surface area contributed by atoms with E-state index in [1.54, 1.807) is 0 Å². The number of hydrazine groups is 2. The lowest BCUT2D eigenvalue weighted by atomic mass is 10.2. The molecule has 0 atom stereocenters. The summed E-state index contributed by atoms with van der Waals surface area (Å²) in [5.41, 5.74) is 4.96. The molecule has 0 fully saturated rings. The van der Waals surface area contributed by atoms with E-state index in [9.17, 15) is 0 Å². The summed E-state index contributed by atoms with van der Waals surface area (Å²) in [5, 5.41) is 9.48. The molecule has 2 aromatic rings. The van der Waals surface area contributed by atoms with E-state index in [-0.39, 0.29) is 0 Å². The van der Waals surface area contributed by atoms with E-state index in [0.717, 1.165) is 10.8 Å². The Morgan fingerprint density at radius 3 is 1.53 bits per heavy atom. The molecular formula is C8H10N6O4S-2. The van der Waals surface area contributed by atoms with E-state index in [0.29, 0.717) is 11.6 Å². The van der Waals surface area contributed by atoms with Gasteiger partial charge in [-0.1, -0.05) is 24.3 Å². The molecule has 1 aromatic carbocycles. The van der Waals surface area contributed by atoms with Gasteiger partial charge in [0.2, 0.25) is 0 Å². The van der Waals surface area contributed by atoms with Crippen molar-refractivity contribution < 1.29 is 17.5 Å². The number of nitrogens with one attached hydrogen (secondary N) is 2. The second-order valence-corrected chi connectivity index (χ2v) is 3.96. The number of nitrogens with two attached hydrogens (primary N) is 2. The average molecular weight is 286 g/mol. The zero-order valence-electron chi connectivity index (χ0n) is 9.40. The number of hydrogen-bond donors (Lipinski definition) is 4. The Morgan fingerprint density at radius 2 is 1.26 bits per heavy atom. The first-order valence-corrected chi connectivity index (χ1v) is 6.05. The maximum atomic E-state index is 8.52. The van der Waals surface area contributed by atoms with E-state index in [1.807, 2.05) is 24.3 Å². The highest BCUT2D eigenvalue weighted by molar-refractivity contribution is 7.79. The molecule has 0 radical (unpaired) electrons. The lowest BCUT2D eigenvalue weighted by Gasteiger charge is -2.06. The molecule has 0 amide bonds. The minimum absolute atomic E-state index is 0.527. The second kappa shape index (κ2) is 6.21. The van der Waals surface area contributed by atoms with Crippen molar-refractivity contribution in [1.29, 1.82) is 0 Å². The molecule has 104 valence electrons. The SMILES string of the molecule is NNc1nnc(NN)c2ccccc12.O=S(=O)([O-])[O-]. The molecule has 0 saturated heterocycles. The van der Waals surface area contributed by atoms with Gasteiger partial charge < -0.3 is 20.0 Å². The number of nitrogens with zero attached hydrogens (tertiary/aromatic N) is 2. The fourth-order valence-corrected chi connectivity index (χ4v) is 1.32. The Morgan fingerprint density at radius 1 is 0.947 bits per heavy atom. The largest absolute Gasteiger partial charge is 0.759 e. The lowest BCUT2D eigenvalue weighted by molar-refractivity contribution is 0.352. The number of nitrogen functional groups attached to an aromatic ring is 2. The number of benzene rings is 1. The molecular weight excluding hydrogens is 276 g/mol. The van der Waals surface area contributed by atoms with Crippen molar-refractivity contribution in [3.05, 3.63) is 24.3 Å². The van der Waals surface area contributed by atoms with Gasteiger partial charge in [0.05, 0.1) is 0 Å². The highest BCUT2D eigenvalue weighted by atomic mass is 32.3. The Labute approximate surface area is 108 Å². The van der Waals surface area contributed by atoms with Crippen LogP contribution in [0, 0.1) is 0 Å². The van der Waals surface area contributed by atoms with Crippen LogP contribution in [0.3, 0.4) is 0 Å². The lowest BCUT2D eigenvalue weighted by Crippen LogP contribution is -2.13. The summed E-state index contributed by atoms with van der Waals surface area (Å²) in [6, 6.07) is 7.57. The van der Waals surface area contributed by atoms with Gasteiger partial charge in [0.15, 0.2) is 11.6 Å². The summed E-state index contributed by atoms with van der Waals surface area (Å²) >= 11 is 0. The molecule has 0 aliphatic carbocycles. The molecule has 10 nitrogen and oxygen atoms in total. The zero-order chi connectivity index (χ0) is 14.5. The minimum Gasteiger partial charge on any atom is -0.759 e. The van der Waals surface area contributed by atoms with Gasteiger partial charge in [0, 0.05) is 21.2 Å². The van der Waals surface area contributed by atoms with E-state index < -0.39 is 10.4 Å². The average Bonchev–Trinajstić information content (AvgIpc) is 2.35. The number of fused-ring (bicyclic) bond motifs is 1. The second-order valence-electron chi connectivity index (χ2n) is 3.14. The number of rotatable bonds is 2. The van der Waals surface area contributed by atoms with Crippen LogP contribution >= 0.6 is 0 Å². The molecule has 2 rings (SSSR count). The van der Waals surface area contributed by atoms with E-state index in [2.05, 4.69) is 21.0 Å². The summed E-state index contributed by atoms with van der Waals surface area (Å²) in [5.74, 6) is 11.7. The Bertz CT molecular complexity index is 611. The first kappa shape index (κ1) is 15.0. The summed E-state index contributed by atoms with van der Waals surface area (Å²) in [6.45, 7) is 0. The van der Waals surface area contributed by atoms with Crippen molar-refractivity contribution in [1.82, 2.24) is 10.2 Å². The topological polar surface area (TPSA) is 182 Å². The van der Waals surface area contributed by atoms with Crippen LogP contribution in [-0.2, 0) is 10.4 Å². The van der Waals surface area contributed by atoms with E-state index in [1.165, 1.54) is 0 Å². The van der Waals surface area contributed by atoms with Crippen LogP contribution in [0.1, 0.15) is 0 Å². The molecule has 6 N–H and O–H groups in total. The van der Waals surface area contributed by atoms with Crippen LogP contribution in [0.15, 0.2) is 24.3 Å². The molecule has 11 heteroatoms. The van der Waals surface area contributed by atoms with Gasteiger partial charge in [-0.15, -0.1) is 10.2 Å². The normalized spacial score (nSPS) is 10.5. The zero-order valence-corrected chi connectivity index (χ0v) is 10.2. The minimum atomic E-state index is -5.17. The molecule has 0 unspecified atom stereocenters. The van der Waals surface area contributed by atoms with Gasteiger partial charge in [-0.25, -0.2) is 11.7 Å². The predicted molar refractivity (Wildman–Crippen MR) is 65.6 cm³/mol. The van der Waals surface area contributed by atoms with Gasteiger partial charge in [0.25, 0.3) is 0 Å². The van der Waals surface area contributed by atoms with Crippen molar-refractivity contribution >= 4 is 32.8 Å². The van der Waals surface area contributed by atoms with Crippen molar-refractivity contribution in [3.63, 3.8) is 0 Å². The van der Waals surface area contributed by atoms with Crippen LogP contribution in [0.4, 0.5) is 11.6 Å². The molecule has 19 heavy (non-hydrogen) atoms. The number of anilines is 2. The molecule has 0 aliphatic rings. The van der Waals surface area contributed by atoms with Crippen LogP contribution in [-0.4, -0.2) is 27.7 Å². The molecule has 0 aliphatic heterocycles. The van der Waals surface area contributed by atoms with Gasteiger partial charge in [-0.3, -0.25) is 8.42 Å². The highest BCUT2D eigenvalue weighted by Crippen LogP contribution is 2.24. The van der Waals surface area contributed by atoms with Crippen LogP contribution < -0.4 is 22.5 Å². The maximum absolute atomic E-state index is 8.52. The Balaban J connectivity index is 0.000000312. The van der Waals surface area contributed by atoms with Gasteiger partial charge in [0.1, 0.15) is 0 Å². The summed E-state index contributed by atoms with van der Waals surface area (Å²) in [6.07, 6.45) is 0. The molecule has 1 aromatic heterocycles. The molecule has 1 heterocycles. The van der Waals surface area contributed by atoms with Crippen molar-refractivity contribution in [3.8, 4) is 0 Å². The Kier molecular flexibility index (Phi) is 4.91. The predicted octanol–water partition coefficient (Wildman–Crippen LogP) is -1.14. The quantitative estimate of drug-likeness (QED) is 0.228. The van der Waals surface area contributed by atoms with Crippen molar-refractivity contribution in [2.75, 3.05) is 10.9 Å². The third kappa shape index (κ3) is 4.61. The monoisotopic (exact) mass is 286 g/mol. The van der Waals surface area contributed by atoms with Gasteiger partial charge in [-0.05, 0) is 0 Å². The van der Waals surface area contributed by atoms with Crippen LogP contribution in [0.5, 0.6) is 0 Å². The molecule has 0 spiro atoms. The van der Waals surface area contributed by atoms with E-state index in [4.69, 9.17) is 29.2 Å². The standard InChI is InChI=1S/C8H10N6.H2O4S/c9-11-7-5-3-1-2-4-6(5)8(12-10)14-13-7;1-5(2,3)4/h1-4H,9-10H2,(H,11,13)(H,12,14);(H2,1,2,3,4)/p-2. The first-order chi connectivity index (χ1) is 8.86. The summed E-state index contributed by atoms with van der Waals surface area (Å²) < 4.78 is 34.1. The fraction of sp³-hybridized carbons (Fsp3) is 0. The Hall–Kier alpha value is -2.05. The number of aromatic nitrogens is 2. The third-order valence-electron chi connectivity index (χ3n) is 1.96. The maximum Gasteiger partial charge on any atom is 0.170 e. The van der Waals surface area contributed by atoms with Crippen molar-refractivity contribution in [2.45, 2.75) is 0 Å². The molecule has 0 saturated carbocycles. The van der Waals surface area contributed by atoms with Gasteiger partial charge >= 0.3 is 0 Å². The third-order valence-corrected chi connectivity index (χ3v) is 1.96. The number of hydrogen-bond acceptors (Lipinski definition) is 10. The molecule has 0 bridgehead atoms. The summed E-state index contributed by atoms with van der Waals surface area (Å²) in [7, 11) is -5.17. The summed E-state index contributed by atoms with van der Waals surface area (Å²) in [4.78, 5) is 0. The fourth-order valence-electron chi connectivity index (χ4n) is 1.32.